The Bertz CT molecular complexity index is 696. The smallest absolute Gasteiger partial charge is 0.329 e. The van der Waals surface area contributed by atoms with Crippen LogP contribution in [0.1, 0.15) is 24.8 Å². The van der Waals surface area contributed by atoms with Crippen LogP contribution in [0.2, 0.25) is 0 Å². The number of ether oxygens (including phenoxy) is 1. The van der Waals surface area contributed by atoms with Gasteiger partial charge in [0.1, 0.15) is 6.61 Å². The first-order valence-electron chi connectivity index (χ1n) is 9.05. The van der Waals surface area contributed by atoms with Crippen molar-refractivity contribution in [3.8, 4) is 0 Å². The molecule has 1 aliphatic heterocycles. The van der Waals surface area contributed by atoms with Crippen molar-refractivity contribution >= 4 is 17.7 Å². The van der Waals surface area contributed by atoms with E-state index in [1.165, 1.54) is 0 Å². The minimum Gasteiger partial charge on any atom is -0.480 e. The molecule has 1 saturated heterocycles. The van der Waals surface area contributed by atoms with E-state index in [1.54, 1.807) is 23.1 Å². The van der Waals surface area contributed by atoms with E-state index in [-0.39, 0.29) is 30.9 Å². The fraction of sp³-hybridized carbons (Fsp3) is 0.381. The van der Waals surface area contributed by atoms with Crippen LogP contribution in [-0.2, 0) is 25.5 Å². The molecule has 0 radical (unpaired) electrons. The molecule has 1 heterocycles. The number of allylic oxidation sites excluding steroid dienone is 1. The van der Waals surface area contributed by atoms with Gasteiger partial charge in [0, 0.05) is 19.4 Å². The molecule has 0 aromatic heterocycles. The van der Waals surface area contributed by atoms with Crippen molar-refractivity contribution in [2.75, 3.05) is 19.8 Å². The summed E-state index contributed by atoms with van der Waals surface area (Å²) in [5.41, 5.74) is 0.966. The molecule has 27 heavy (non-hydrogen) atoms. The van der Waals surface area contributed by atoms with Gasteiger partial charge in [-0.2, -0.15) is 0 Å². The number of piperidine rings is 1. The second-order valence-electron chi connectivity index (χ2n) is 6.37. The second kappa shape index (κ2) is 11.1. The summed E-state index contributed by atoms with van der Waals surface area (Å²) in [6, 6.07) is 9.45. The quantitative estimate of drug-likeness (QED) is 0.388. The third kappa shape index (κ3) is 7.58. The molecule has 1 unspecified atom stereocenters. The molecule has 1 amide bonds. The Balaban J connectivity index is 1.86. The highest BCUT2D eigenvalue weighted by atomic mass is 16.5. The molecular weight excluding hydrogens is 346 g/mol. The number of nitrogens with zero attached hydrogens (tertiary/aromatic N) is 1. The van der Waals surface area contributed by atoms with Crippen LogP contribution in [0.25, 0.3) is 0 Å². The Labute approximate surface area is 159 Å². The number of hydrogen-bond donors (Lipinski definition) is 1. The molecule has 1 atom stereocenters. The monoisotopic (exact) mass is 371 g/mol. The predicted molar refractivity (Wildman–Crippen MR) is 101 cm³/mol. The molecule has 6 heteroatoms. The molecule has 1 fully saturated rings. The number of aliphatic carboxylic acids is 1. The highest BCUT2D eigenvalue weighted by Crippen LogP contribution is 2.19. The fourth-order valence-electron chi connectivity index (χ4n) is 2.93. The van der Waals surface area contributed by atoms with Crippen LogP contribution in [0.4, 0.5) is 0 Å². The van der Waals surface area contributed by atoms with Gasteiger partial charge in [-0.3, -0.25) is 9.59 Å². The predicted octanol–water partition coefficient (Wildman–Crippen LogP) is 2.39. The van der Waals surface area contributed by atoms with E-state index in [9.17, 15) is 14.4 Å². The van der Waals surface area contributed by atoms with Crippen LogP contribution >= 0.6 is 0 Å². The molecule has 2 rings (SSSR count). The van der Waals surface area contributed by atoms with Gasteiger partial charge in [0.05, 0.1) is 12.6 Å². The summed E-state index contributed by atoms with van der Waals surface area (Å²) in [6.07, 6.45) is 9.36. The third-order valence-electron chi connectivity index (χ3n) is 4.25. The Morgan fingerprint density at radius 2 is 2.00 bits per heavy atom. The summed E-state index contributed by atoms with van der Waals surface area (Å²) in [5.74, 6) is -0.945. The summed E-state index contributed by atoms with van der Waals surface area (Å²) in [6.45, 7) is 0.253. The lowest BCUT2D eigenvalue weighted by atomic mass is 10.00. The summed E-state index contributed by atoms with van der Waals surface area (Å²) in [7, 11) is 0. The van der Waals surface area contributed by atoms with Gasteiger partial charge in [0.15, 0.2) is 5.78 Å². The molecule has 0 bridgehead atoms. The van der Waals surface area contributed by atoms with Gasteiger partial charge in [0.25, 0.3) is 0 Å². The molecule has 1 N–H and O–H groups in total. The lowest BCUT2D eigenvalue weighted by molar-refractivity contribution is -0.141. The summed E-state index contributed by atoms with van der Waals surface area (Å²) >= 11 is 0. The van der Waals surface area contributed by atoms with Crippen molar-refractivity contribution in [1.82, 2.24) is 4.90 Å². The number of ketones is 1. The molecule has 0 aliphatic carbocycles. The molecular formula is C21H25NO5. The third-order valence-corrected chi connectivity index (χ3v) is 4.25. The highest BCUT2D eigenvalue weighted by molar-refractivity contribution is 5.91. The van der Waals surface area contributed by atoms with Gasteiger partial charge in [-0.1, -0.05) is 48.6 Å². The number of benzene rings is 1. The van der Waals surface area contributed by atoms with Crippen molar-refractivity contribution in [2.45, 2.75) is 31.7 Å². The van der Waals surface area contributed by atoms with Gasteiger partial charge in [-0.05, 0) is 24.5 Å². The van der Waals surface area contributed by atoms with Crippen LogP contribution in [0.3, 0.4) is 0 Å². The van der Waals surface area contributed by atoms with Crippen molar-refractivity contribution in [3.63, 3.8) is 0 Å². The zero-order valence-electron chi connectivity index (χ0n) is 15.3. The van der Waals surface area contributed by atoms with Gasteiger partial charge < -0.3 is 14.7 Å². The minimum absolute atomic E-state index is 0.0109. The topological polar surface area (TPSA) is 83.9 Å². The van der Waals surface area contributed by atoms with Crippen LogP contribution in [0.5, 0.6) is 0 Å². The van der Waals surface area contributed by atoms with Crippen molar-refractivity contribution in [2.24, 2.45) is 0 Å². The van der Waals surface area contributed by atoms with E-state index in [4.69, 9.17) is 9.84 Å². The number of carbonyl (C=O) groups excluding carboxylic acids is 2. The van der Waals surface area contributed by atoms with Crippen LogP contribution in [0, 0.1) is 0 Å². The Kier molecular flexibility index (Phi) is 8.45. The minimum atomic E-state index is -1.01. The van der Waals surface area contributed by atoms with Crippen LogP contribution in [0.15, 0.2) is 54.6 Å². The number of carboxylic acids is 1. The van der Waals surface area contributed by atoms with E-state index in [0.29, 0.717) is 19.4 Å². The first-order chi connectivity index (χ1) is 13.1. The van der Waals surface area contributed by atoms with E-state index >= 15 is 0 Å². The standard InChI is InChI=1S/C21H25NO5/c23-19(15-17-7-2-1-3-8-17)12-11-18-9-6-10-20(24)22(18)13-4-5-14-27-16-21(25)26/h1-5,7-8,11-12,18H,6,9-10,13-16H2,(H,25,26). The zero-order valence-corrected chi connectivity index (χ0v) is 15.3. The van der Waals surface area contributed by atoms with Crippen molar-refractivity contribution in [3.05, 3.63) is 60.2 Å². The maximum Gasteiger partial charge on any atom is 0.329 e. The lowest BCUT2D eigenvalue weighted by Gasteiger charge is -2.33. The Morgan fingerprint density at radius 1 is 1.22 bits per heavy atom. The van der Waals surface area contributed by atoms with Crippen molar-refractivity contribution in [1.29, 1.82) is 0 Å². The van der Waals surface area contributed by atoms with E-state index < -0.39 is 5.97 Å². The SMILES string of the molecule is O=C(O)COCC=CCN1C(=O)CCCC1C=CC(=O)Cc1ccccc1. The second-order valence-corrected chi connectivity index (χ2v) is 6.37. The molecule has 144 valence electrons. The number of carboxylic acid groups (broad SMARTS) is 1. The Hall–Kier alpha value is -2.73. The maximum absolute atomic E-state index is 12.2. The molecule has 6 nitrogen and oxygen atoms in total. The molecule has 1 aliphatic rings. The number of hydrogen-bond acceptors (Lipinski definition) is 4. The van der Waals surface area contributed by atoms with E-state index in [2.05, 4.69) is 0 Å². The van der Waals surface area contributed by atoms with Gasteiger partial charge in [0.2, 0.25) is 5.91 Å². The fourth-order valence-corrected chi connectivity index (χ4v) is 2.93. The van der Waals surface area contributed by atoms with E-state index in [1.807, 2.05) is 36.4 Å². The Morgan fingerprint density at radius 3 is 2.74 bits per heavy atom. The van der Waals surface area contributed by atoms with Crippen molar-refractivity contribution < 1.29 is 24.2 Å². The van der Waals surface area contributed by atoms with Gasteiger partial charge in [-0.15, -0.1) is 0 Å². The average molecular weight is 371 g/mol. The number of rotatable bonds is 10. The first kappa shape index (κ1) is 20.6. The normalized spacial score (nSPS) is 17.7. The molecule has 1 aromatic carbocycles. The molecule has 0 spiro atoms. The first-order valence-corrected chi connectivity index (χ1v) is 9.05. The summed E-state index contributed by atoms with van der Waals surface area (Å²) in [5, 5.41) is 8.50. The highest BCUT2D eigenvalue weighted by Gasteiger charge is 2.25. The summed E-state index contributed by atoms with van der Waals surface area (Å²) in [4.78, 5) is 36.5. The van der Waals surface area contributed by atoms with Gasteiger partial charge >= 0.3 is 5.97 Å². The summed E-state index contributed by atoms with van der Waals surface area (Å²) < 4.78 is 4.93. The van der Waals surface area contributed by atoms with Crippen LogP contribution in [-0.4, -0.2) is 53.5 Å². The molecule has 1 aromatic rings. The zero-order chi connectivity index (χ0) is 19.5. The average Bonchev–Trinajstić information content (AvgIpc) is 2.65. The number of likely N-dealkylation sites (tertiary alicyclic amines) is 1. The maximum atomic E-state index is 12.2. The van der Waals surface area contributed by atoms with E-state index in [0.717, 1.165) is 18.4 Å². The largest absolute Gasteiger partial charge is 0.480 e. The van der Waals surface area contributed by atoms with Crippen LogP contribution < -0.4 is 0 Å². The number of carbonyl (C=O) groups is 3. The van der Waals surface area contributed by atoms with Gasteiger partial charge in [-0.25, -0.2) is 4.79 Å². The molecule has 0 saturated carbocycles. The number of amides is 1. The lowest BCUT2D eigenvalue weighted by Crippen LogP contribution is -2.42.